The molecule has 1 unspecified atom stereocenters. The van der Waals surface area contributed by atoms with E-state index >= 15 is 0 Å². The zero-order valence-corrected chi connectivity index (χ0v) is 12.2. The van der Waals surface area contributed by atoms with E-state index in [0.717, 1.165) is 0 Å². The topological polar surface area (TPSA) is 156 Å². The Morgan fingerprint density at radius 2 is 1.43 bits per heavy atom. The summed E-state index contributed by atoms with van der Waals surface area (Å²) in [6, 6.07) is 8.36. The van der Waals surface area contributed by atoms with Crippen molar-refractivity contribution in [2.45, 2.75) is 36.9 Å². The molecule has 1 aromatic carbocycles. The molecule has 0 saturated heterocycles. The van der Waals surface area contributed by atoms with Crippen LogP contribution in [0, 0.1) is 0 Å². The number of aliphatic hydroxyl groups excluding tert-OH is 6. The molecular formula is C15H20O8. The molecule has 0 aliphatic carbocycles. The van der Waals surface area contributed by atoms with Crippen LogP contribution in [-0.4, -0.2) is 79.3 Å². The van der Waals surface area contributed by atoms with Crippen molar-refractivity contribution in [2.24, 2.45) is 0 Å². The number of aliphatic hydroxyl groups is 6. The number of hydrogen-bond acceptors (Lipinski definition) is 8. The van der Waals surface area contributed by atoms with Gasteiger partial charge in [0, 0.05) is 6.42 Å². The Hall–Kier alpha value is -1.68. The molecule has 0 saturated carbocycles. The van der Waals surface area contributed by atoms with Gasteiger partial charge < -0.3 is 30.6 Å². The van der Waals surface area contributed by atoms with E-state index in [4.69, 9.17) is 10.2 Å². The highest BCUT2D eigenvalue weighted by molar-refractivity contribution is 6.40. The normalized spacial score (nSPS) is 17.8. The van der Waals surface area contributed by atoms with E-state index < -0.39 is 48.7 Å². The largest absolute Gasteiger partial charge is 0.394 e. The van der Waals surface area contributed by atoms with Crippen molar-refractivity contribution in [3.05, 3.63) is 35.9 Å². The van der Waals surface area contributed by atoms with Gasteiger partial charge in [-0.1, -0.05) is 30.3 Å². The molecule has 0 amide bonds. The molecule has 6 N–H and O–H groups in total. The van der Waals surface area contributed by atoms with Crippen molar-refractivity contribution >= 4 is 11.6 Å². The van der Waals surface area contributed by atoms with E-state index in [0.29, 0.717) is 5.56 Å². The highest BCUT2D eigenvalue weighted by atomic mass is 16.4. The molecule has 0 fully saturated rings. The Morgan fingerprint density at radius 1 is 0.870 bits per heavy atom. The molecule has 8 heteroatoms. The second-order valence-corrected chi connectivity index (χ2v) is 5.11. The number of hydrogen-bond donors (Lipinski definition) is 6. The summed E-state index contributed by atoms with van der Waals surface area (Å²) in [5.41, 5.74) is 0.590. The molecule has 23 heavy (non-hydrogen) atoms. The Labute approximate surface area is 132 Å². The van der Waals surface area contributed by atoms with Gasteiger partial charge in [0.15, 0.2) is 0 Å². The number of benzene rings is 1. The molecule has 128 valence electrons. The summed E-state index contributed by atoms with van der Waals surface area (Å²) in [6.07, 6.45) is -10.2. The summed E-state index contributed by atoms with van der Waals surface area (Å²) in [7, 11) is 0. The lowest BCUT2D eigenvalue weighted by Crippen LogP contribution is -2.51. The van der Waals surface area contributed by atoms with Crippen molar-refractivity contribution in [2.75, 3.05) is 6.61 Å². The summed E-state index contributed by atoms with van der Waals surface area (Å²) < 4.78 is 0. The second-order valence-electron chi connectivity index (χ2n) is 5.11. The van der Waals surface area contributed by atoms with Crippen molar-refractivity contribution in [1.82, 2.24) is 0 Å². The molecule has 8 nitrogen and oxygen atoms in total. The van der Waals surface area contributed by atoms with Crippen LogP contribution in [0.15, 0.2) is 30.3 Å². The summed E-state index contributed by atoms with van der Waals surface area (Å²) in [5, 5.41) is 56.1. The maximum atomic E-state index is 11.8. The predicted molar refractivity (Wildman–Crippen MR) is 77.3 cm³/mol. The van der Waals surface area contributed by atoms with E-state index in [2.05, 4.69) is 0 Å². The fraction of sp³-hybridized carbons (Fsp3) is 0.467. The van der Waals surface area contributed by atoms with E-state index in [1.54, 1.807) is 30.3 Å². The van der Waals surface area contributed by atoms with Crippen molar-refractivity contribution in [1.29, 1.82) is 0 Å². The van der Waals surface area contributed by atoms with Crippen LogP contribution in [0.25, 0.3) is 0 Å². The van der Waals surface area contributed by atoms with Gasteiger partial charge in [0.25, 0.3) is 0 Å². The minimum atomic E-state index is -2.33. The minimum Gasteiger partial charge on any atom is -0.394 e. The van der Waals surface area contributed by atoms with Crippen LogP contribution in [0.4, 0.5) is 0 Å². The average molecular weight is 328 g/mol. The monoisotopic (exact) mass is 328 g/mol. The summed E-state index contributed by atoms with van der Waals surface area (Å²) in [5.74, 6) is -2.82. The molecule has 0 bridgehead atoms. The standard InChI is InChI=1S/C15H20O8/c16-7-10(18)12(20)14(22)15(23)13(21)11(19)9(17)6-8-4-2-1-3-5-8/h1-5,9-10,12,14-18,20,22-23H,6-7H2/t9?,10-,12-,14+,15+/m1/s1. The second kappa shape index (κ2) is 8.82. The van der Waals surface area contributed by atoms with Gasteiger partial charge >= 0.3 is 0 Å². The van der Waals surface area contributed by atoms with Crippen molar-refractivity contribution in [3.8, 4) is 0 Å². The van der Waals surface area contributed by atoms with Gasteiger partial charge in [0.05, 0.1) is 6.61 Å². The fourth-order valence-corrected chi connectivity index (χ4v) is 1.92. The van der Waals surface area contributed by atoms with Crippen LogP contribution >= 0.6 is 0 Å². The molecule has 5 atom stereocenters. The summed E-state index contributed by atoms with van der Waals surface area (Å²) in [6.45, 7) is -0.913. The highest BCUT2D eigenvalue weighted by Gasteiger charge is 2.38. The van der Waals surface area contributed by atoms with Crippen LogP contribution < -0.4 is 0 Å². The van der Waals surface area contributed by atoms with Gasteiger partial charge in [-0.3, -0.25) is 9.59 Å². The van der Waals surface area contributed by atoms with Crippen LogP contribution in [0.1, 0.15) is 5.56 Å². The Bertz CT molecular complexity index is 517. The molecule has 0 aliphatic rings. The third-order valence-electron chi connectivity index (χ3n) is 3.34. The Morgan fingerprint density at radius 3 is 1.96 bits per heavy atom. The van der Waals surface area contributed by atoms with Gasteiger partial charge in [0.2, 0.25) is 11.6 Å². The van der Waals surface area contributed by atoms with Crippen LogP contribution in [0.5, 0.6) is 0 Å². The number of Topliss-reactive ketones (excluding diaryl/α,β-unsaturated/α-hetero) is 2. The Balaban J connectivity index is 2.69. The van der Waals surface area contributed by atoms with Gasteiger partial charge in [-0.05, 0) is 5.56 Å². The average Bonchev–Trinajstić information content (AvgIpc) is 2.58. The zero-order chi connectivity index (χ0) is 17.6. The first-order valence-corrected chi connectivity index (χ1v) is 6.92. The summed E-state index contributed by atoms with van der Waals surface area (Å²) in [4.78, 5) is 23.5. The van der Waals surface area contributed by atoms with Crippen molar-refractivity contribution in [3.63, 3.8) is 0 Å². The van der Waals surface area contributed by atoms with E-state index in [1.165, 1.54) is 0 Å². The number of carbonyl (C=O) groups is 2. The van der Waals surface area contributed by atoms with Gasteiger partial charge in [-0.25, -0.2) is 0 Å². The third-order valence-corrected chi connectivity index (χ3v) is 3.34. The maximum absolute atomic E-state index is 11.8. The molecule has 1 rings (SSSR count). The lowest BCUT2D eigenvalue weighted by atomic mass is 9.95. The molecule has 1 aromatic rings. The quantitative estimate of drug-likeness (QED) is 0.265. The minimum absolute atomic E-state index is 0.157. The van der Waals surface area contributed by atoms with Crippen molar-refractivity contribution < 1.29 is 40.2 Å². The maximum Gasteiger partial charge on any atom is 0.232 e. The first kappa shape index (κ1) is 19.4. The number of ketones is 2. The van der Waals surface area contributed by atoms with E-state index in [-0.39, 0.29) is 6.42 Å². The lowest BCUT2D eigenvalue weighted by Gasteiger charge is -2.24. The molecule has 0 spiro atoms. The summed E-state index contributed by atoms with van der Waals surface area (Å²) >= 11 is 0. The van der Waals surface area contributed by atoms with E-state index in [9.17, 15) is 30.0 Å². The van der Waals surface area contributed by atoms with Crippen LogP contribution in [0.2, 0.25) is 0 Å². The van der Waals surface area contributed by atoms with Crippen LogP contribution in [-0.2, 0) is 16.0 Å². The highest BCUT2D eigenvalue weighted by Crippen LogP contribution is 2.09. The molecular weight excluding hydrogens is 308 g/mol. The van der Waals surface area contributed by atoms with Crippen LogP contribution in [0.3, 0.4) is 0 Å². The smallest absolute Gasteiger partial charge is 0.232 e. The lowest BCUT2D eigenvalue weighted by molar-refractivity contribution is -0.157. The third kappa shape index (κ3) is 5.17. The van der Waals surface area contributed by atoms with Gasteiger partial charge in [-0.15, -0.1) is 0 Å². The SMILES string of the molecule is O=C(C(=O)[C@H](O)[C@@H](O)[C@H](O)[C@H](O)CO)C(O)Cc1ccccc1. The first-order valence-electron chi connectivity index (χ1n) is 6.92. The Kier molecular flexibility index (Phi) is 7.43. The molecule has 0 aliphatic heterocycles. The molecule has 0 radical (unpaired) electrons. The predicted octanol–water partition coefficient (Wildman–Crippen LogP) is -2.84. The number of carbonyl (C=O) groups excluding carboxylic acids is 2. The van der Waals surface area contributed by atoms with E-state index in [1.807, 2.05) is 0 Å². The first-order chi connectivity index (χ1) is 10.8. The molecule has 0 heterocycles. The fourth-order valence-electron chi connectivity index (χ4n) is 1.92. The zero-order valence-electron chi connectivity index (χ0n) is 12.2. The van der Waals surface area contributed by atoms with Gasteiger partial charge in [0.1, 0.15) is 30.5 Å². The van der Waals surface area contributed by atoms with Gasteiger partial charge in [-0.2, -0.15) is 0 Å². The molecule has 0 aromatic heterocycles. The number of rotatable bonds is 9.